The Morgan fingerprint density at radius 2 is 1.92 bits per heavy atom. The lowest BCUT2D eigenvalue weighted by Crippen LogP contribution is -2.49. The zero-order valence-corrected chi connectivity index (χ0v) is 7.07. The van der Waals surface area contributed by atoms with E-state index in [0.29, 0.717) is 0 Å². The van der Waals surface area contributed by atoms with Crippen LogP contribution in [0.4, 0.5) is 0 Å². The number of carbonyl (C=O) groups is 2. The van der Waals surface area contributed by atoms with Gasteiger partial charge in [-0.3, -0.25) is 9.59 Å². The number of aliphatic carboxylic acids is 1. The lowest BCUT2D eigenvalue weighted by Gasteiger charge is -2.24. The van der Waals surface area contributed by atoms with E-state index in [1.807, 2.05) is 0 Å². The number of carboxylic acid groups (broad SMARTS) is 1. The smallest absolute Gasteiger partial charge is 0.311 e. The summed E-state index contributed by atoms with van der Waals surface area (Å²) in [4.78, 5) is 21.4. The number of carboxylic acids is 1. The number of aliphatic hydroxyl groups is 1. The molecule has 0 aromatic carbocycles. The summed E-state index contributed by atoms with van der Waals surface area (Å²) in [6, 6.07) is -1.17. The van der Waals surface area contributed by atoms with Crippen molar-refractivity contribution in [2.24, 2.45) is 11.1 Å². The van der Waals surface area contributed by atoms with Crippen LogP contribution in [0.25, 0.3) is 0 Å². The number of aliphatic hydroxyl groups excluding tert-OH is 1. The third-order valence-electron chi connectivity index (χ3n) is 1.83. The van der Waals surface area contributed by atoms with Gasteiger partial charge in [0.25, 0.3) is 0 Å². The molecule has 1 atom stereocenters. The number of hydrogen-bond acceptors (Lipinski definition) is 4. The van der Waals surface area contributed by atoms with E-state index in [1.54, 1.807) is 0 Å². The maximum atomic E-state index is 10.8. The van der Waals surface area contributed by atoms with Gasteiger partial charge in [-0.1, -0.05) is 0 Å². The van der Waals surface area contributed by atoms with Crippen molar-refractivity contribution in [1.82, 2.24) is 0 Å². The quantitative estimate of drug-likeness (QED) is 0.508. The van der Waals surface area contributed by atoms with Crippen LogP contribution in [-0.2, 0) is 9.59 Å². The predicted octanol–water partition coefficient (Wildman–Crippen LogP) is -1.01. The van der Waals surface area contributed by atoms with Gasteiger partial charge in [-0.15, -0.1) is 0 Å². The van der Waals surface area contributed by atoms with Crippen LogP contribution in [0.2, 0.25) is 0 Å². The molecule has 0 aromatic heterocycles. The molecule has 0 unspecified atom stereocenters. The van der Waals surface area contributed by atoms with E-state index in [1.165, 1.54) is 13.8 Å². The Morgan fingerprint density at radius 3 is 2.17 bits per heavy atom. The Hall–Kier alpha value is -0.940. The minimum Gasteiger partial charge on any atom is -0.481 e. The van der Waals surface area contributed by atoms with Crippen molar-refractivity contribution in [3.8, 4) is 0 Å². The number of carbonyl (C=O) groups excluding carboxylic acids is 1. The minimum absolute atomic E-state index is 0.664. The lowest BCUT2D eigenvalue weighted by atomic mass is 9.83. The molecule has 0 radical (unpaired) electrons. The number of rotatable bonds is 4. The van der Waals surface area contributed by atoms with Crippen LogP contribution < -0.4 is 5.73 Å². The molecule has 0 aromatic rings. The topological polar surface area (TPSA) is 101 Å². The second-order valence-corrected chi connectivity index (χ2v) is 3.13. The molecular weight excluding hydrogens is 162 g/mol. The van der Waals surface area contributed by atoms with E-state index in [9.17, 15) is 9.59 Å². The van der Waals surface area contributed by atoms with Crippen LogP contribution in [0.15, 0.2) is 0 Å². The molecule has 0 heterocycles. The van der Waals surface area contributed by atoms with E-state index >= 15 is 0 Å². The Balaban J connectivity index is 4.56. The van der Waals surface area contributed by atoms with Crippen molar-refractivity contribution in [2.45, 2.75) is 19.9 Å². The first-order valence-corrected chi connectivity index (χ1v) is 3.46. The second-order valence-electron chi connectivity index (χ2n) is 3.13. The fourth-order valence-corrected chi connectivity index (χ4v) is 0.634. The van der Waals surface area contributed by atoms with Gasteiger partial charge in [-0.2, -0.15) is 0 Å². The van der Waals surface area contributed by atoms with Crippen LogP contribution in [0.1, 0.15) is 13.8 Å². The van der Waals surface area contributed by atoms with Crippen molar-refractivity contribution < 1.29 is 19.8 Å². The molecule has 0 aliphatic rings. The van der Waals surface area contributed by atoms with Crippen molar-refractivity contribution >= 4 is 11.8 Å². The Labute approximate surface area is 70.2 Å². The summed E-state index contributed by atoms with van der Waals surface area (Å²) in [6.45, 7) is 1.96. The summed E-state index contributed by atoms with van der Waals surface area (Å²) in [6.07, 6.45) is 0. The largest absolute Gasteiger partial charge is 0.481 e. The first-order valence-electron chi connectivity index (χ1n) is 3.46. The van der Waals surface area contributed by atoms with Crippen LogP contribution >= 0.6 is 0 Å². The molecule has 0 fully saturated rings. The number of nitrogens with two attached hydrogens (primary N) is 1. The standard InChI is InChI=1S/C7H13NO4/c1-7(2,6(11)12)5(8)4(10)3-9/h5,9H,3,8H2,1-2H3,(H,11,12)/t5-/m0/s1. The molecule has 5 heteroatoms. The molecule has 0 aliphatic heterocycles. The third kappa shape index (κ3) is 2.02. The molecule has 0 spiro atoms. The van der Waals surface area contributed by atoms with Gasteiger partial charge in [-0.05, 0) is 13.8 Å². The molecule has 5 nitrogen and oxygen atoms in total. The van der Waals surface area contributed by atoms with Crippen molar-refractivity contribution in [3.05, 3.63) is 0 Å². The average molecular weight is 175 g/mol. The molecular formula is C7H13NO4. The lowest BCUT2D eigenvalue weighted by molar-refractivity contribution is -0.150. The Bertz CT molecular complexity index is 200. The Morgan fingerprint density at radius 1 is 1.50 bits per heavy atom. The van der Waals surface area contributed by atoms with Crippen LogP contribution in [0.5, 0.6) is 0 Å². The maximum Gasteiger partial charge on any atom is 0.311 e. The van der Waals surface area contributed by atoms with Gasteiger partial charge in [0.05, 0.1) is 11.5 Å². The second kappa shape index (κ2) is 3.64. The third-order valence-corrected chi connectivity index (χ3v) is 1.83. The fraction of sp³-hybridized carbons (Fsp3) is 0.714. The van der Waals surface area contributed by atoms with Gasteiger partial charge in [0.15, 0.2) is 5.78 Å². The zero-order valence-electron chi connectivity index (χ0n) is 7.07. The summed E-state index contributed by atoms with van der Waals surface area (Å²) in [5.41, 5.74) is 3.98. The van der Waals surface area contributed by atoms with E-state index in [2.05, 4.69) is 0 Å². The number of ketones is 1. The molecule has 0 rings (SSSR count). The van der Waals surface area contributed by atoms with Gasteiger partial charge in [0.2, 0.25) is 0 Å². The van der Waals surface area contributed by atoms with E-state index in [-0.39, 0.29) is 0 Å². The highest BCUT2D eigenvalue weighted by molar-refractivity contribution is 5.91. The van der Waals surface area contributed by atoms with E-state index in [4.69, 9.17) is 15.9 Å². The molecule has 12 heavy (non-hydrogen) atoms. The molecule has 70 valence electrons. The summed E-state index contributed by atoms with van der Waals surface area (Å²) >= 11 is 0. The Kier molecular flexibility index (Phi) is 3.36. The molecule has 0 bridgehead atoms. The first kappa shape index (κ1) is 11.1. The zero-order chi connectivity index (χ0) is 9.94. The van der Waals surface area contributed by atoms with E-state index < -0.39 is 29.8 Å². The van der Waals surface area contributed by atoms with Gasteiger partial charge < -0.3 is 15.9 Å². The van der Waals surface area contributed by atoms with Gasteiger partial charge in [-0.25, -0.2) is 0 Å². The highest BCUT2D eigenvalue weighted by Gasteiger charge is 2.38. The van der Waals surface area contributed by atoms with Crippen molar-refractivity contribution in [2.75, 3.05) is 6.61 Å². The molecule has 0 saturated carbocycles. The molecule has 0 saturated heterocycles. The van der Waals surface area contributed by atoms with E-state index in [0.717, 1.165) is 0 Å². The SMILES string of the molecule is CC(C)(C(=O)O)[C@@H](N)C(=O)CO. The van der Waals surface area contributed by atoms with Crippen LogP contribution in [0, 0.1) is 5.41 Å². The number of hydrogen-bond donors (Lipinski definition) is 3. The highest BCUT2D eigenvalue weighted by atomic mass is 16.4. The first-order chi connectivity index (χ1) is 5.34. The van der Waals surface area contributed by atoms with Crippen LogP contribution in [-0.4, -0.2) is 34.6 Å². The monoisotopic (exact) mass is 175 g/mol. The van der Waals surface area contributed by atoms with Crippen LogP contribution in [0.3, 0.4) is 0 Å². The molecule has 0 aliphatic carbocycles. The summed E-state index contributed by atoms with van der Waals surface area (Å²) in [7, 11) is 0. The normalized spacial score (nSPS) is 14.0. The average Bonchev–Trinajstić information content (AvgIpc) is 2.01. The van der Waals surface area contributed by atoms with Crippen molar-refractivity contribution in [1.29, 1.82) is 0 Å². The fourth-order valence-electron chi connectivity index (χ4n) is 0.634. The van der Waals surface area contributed by atoms with Gasteiger partial charge >= 0.3 is 5.97 Å². The maximum absolute atomic E-state index is 10.8. The number of Topliss-reactive ketones (excluding diaryl/α,β-unsaturated/α-hetero) is 1. The van der Waals surface area contributed by atoms with Gasteiger partial charge in [0.1, 0.15) is 6.61 Å². The molecule has 0 amide bonds. The molecule has 4 N–H and O–H groups in total. The summed E-state index contributed by atoms with van der Waals surface area (Å²) in [5, 5.41) is 17.1. The minimum atomic E-state index is -1.33. The summed E-state index contributed by atoms with van der Waals surface area (Å²) in [5.74, 6) is -1.82. The summed E-state index contributed by atoms with van der Waals surface area (Å²) < 4.78 is 0. The van der Waals surface area contributed by atoms with Crippen molar-refractivity contribution in [3.63, 3.8) is 0 Å². The van der Waals surface area contributed by atoms with Gasteiger partial charge in [0, 0.05) is 0 Å². The highest BCUT2D eigenvalue weighted by Crippen LogP contribution is 2.19. The predicted molar refractivity (Wildman–Crippen MR) is 41.5 cm³/mol.